The highest BCUT2D eigenvalue weighted by atomic mass is 79.9. The summed E-state index contributed by atoms with van der Waals surface area (Å²) in [5.41, 5.74) is 1.34. The monoisotopic (exact) mass is 465 g/mol. The molecular formula is C20H22BrF2N5O. The molecule has 1 aromatic heterocycles. The van der Waals surface area contributed by atoms with Crippen molar-refractivity contribution in [2.24, 2.45) is 0 Å². The number of rotatable bonds is 7. The number of nitrogens with zero attached hydrogens (tertiary/aromatic N) is 4. The van der Waals surface area contributed by atoms with Gasteiger partial charge >= 0.3 is 0 Å². The molecule has 3 rings (SSSR count). The normalized spacial score (nSPS) is 14.7. The van der Waals surface area contributed by atoms with Gasteiger partial charge in [0.1, 0.15) is 0 Å². The van der Waals surface area contributed by atoms with E-state index in [1.165, 1.54) is 12.3 Å². The Morgan fingerprint density at radius 3 is 2.59 bits per heavy atom. The number of hydrogen-bond donors (Lipinski definition) is 2. The van der Waals surface area contributed by atoms with E-state index in [4.69, 9.17) is 5.11 Å². The molecule has 9 heteroatoms. The highest BCUT2D eigenvalue weighted by Gasteiger charge is 2.22. The Morgan fingerprint density at radius 1 is 1.24 bits per heavy atom. The molecule has 1 aromatic carbocycles. The summed E-state index contributed by atoms with van der Waals surface area (Å²) in [6.07, 6.45) is 3.11. The summed E-state index contributed by atoms with van der Waals surface area (Å²) in [6.45, 7) is 10.6. The molecule has 29 heavy (non-hydrogen) atoms. The van der Waals surface area contributed by atoms with Gasteiger partial charge in [-0.15, -0.1) is 0 Å². The van der Waals surface area contributed by atoms with Gasteiger partial charge in [-0.1, -0.05) is 19.2 Å². The zero-order chi connectivity index (χ0) is 21.0. The average molecular weight is 466 g/mol. The van der Waals surface area contributed by atoms with Crippen LogP contribution in [0.15, 0.2) is 31.5 Å². The Morgan fingerprint density at radius 2 is 1.97 bits per heavy atom. The fourth-order valence-electron chi connectivity index (χ4n) is 3.17. The van der Waals surface area contributed by atoms with Gasteiger partial charge in [0.25, 0.3) is 0 Å². The van der Waals surface area contributed by atoms with Crippen LogP contribution in [-0.4, -0.2) is 59.3 Å². The maximum atomic E-state index is 14.7. The fourth-order valence-corrected chi connectivity index (χ4v) is 3.49. The first kappa shape index (κ1) is 21.4. The zero-order valence-corrected chi connectivity index (χ0v) is 17.4. The number of nitrogens with one attached hydrogen (secondary N) is 1. The molecule has 1 aliphatic rings. The molecule has 1 fully saturated rings. The standard InChI is InChI=1S/C20H22BrF2N5O/c1-3-14-12-24-20(26-19(14)13(2)21)25-15-4-5-16(18(23)17(15)22)28-8-6-27(7-9-28)10-11-29/h3-5,12,29H,1-2,6-11H2,(H,24,25,26). The lowest BCUT2D eigenvalue weighted by atomic mass is 10.2. The molecule has 0 spiro atoms. The second-order valence-corrected chi connectivity index (χ2v) is 7.50. The Kier molecular flexibility index (Phi) is 6.94. The van der Waals surface area contributed by atoms with Gasteiger partial charge < -0.3 is 15.3 Å². The number of halogens is 3. The quantitative estimate of drug-likeness (QED) is 0.650. The summed E-state index contributed by atoms with van der Waals surface area (Å²) < 4.78 is 30.0. The predicted octanol–water partition coefficient (Wildman–Crippen LogP) is 3.62. The molecular weight excluding hydrogens is 444 g/mol. The van der Waals surface area contributed by atoms with Gasteiger partial charge in [-0.3, -0.25) is 4.90 Å². The summed E-state index contributed by atoms with van der Waals surface area (Å²) in [7, 11) is 0. The highest BCUT2D eigenvalue weighted by molar-refractivity contribution is 9.15. The molecule has 0 amide bonds. The number of aliphatic hydroxyl groups excluding tert-OH is 1. The SMILES string of the molecule is C=Cc1cnc(Nc2ccc(N3CCN(CCO)CC3)c(F)c2F)nc1C(=C)Br. The van der Waals surface area contributed by atoms with Gasteiger partial charge in [0.05, 0.1) is 23.7 Å². The summed E-state index contributed by atoms with van der Waals surface area (Å²) in [6, 6.07) is 3.02. The van der Waals surface area contributed by atoms with Crippen molar-refractivity contribution in [2.45, 2.75) is 0 Å². The number of aromatic nitrogens is 2. The molecule has 6 nitrogen and oxygen atoms in total. The molecule has 1 aliphatic heterocycles. The van der Waals surface area contributed by atoms with Crippen LogP contribution in [0.25, 0.3) is 10.6 Å². The first-order chi connectivity index (χ1) is 13.9. The van der Waals surface area contributed by atoms with E-state index in [1.54, 1.807) is 17.0 Å². The summed E-state index contributed by atoms with van der Waals surface area (Å²) >= 11 is 3.27. The van der Waals surface area contributed by atoms with E-state index < -0.39 is 11.6 Å². The van der Waals surface area contributed by atoms with E-state index in [1.807, 2.05) is 0 Å². The van der Waals surface area contributed by atoms with Crippen LogP contribution in [0.4, 0.5) is 26.1 Å². The van der Waals surface area contributed by atoms with Crippen LogP contribution in [0.2, 0.25) is 0 Å². The van der Waals surface area contributed by atoms with Gasteiger partial charge in [0, 0.05) is 49.0 Å². The topological polar surface area (TPSA) is 64.5 Å². The zero-order valence-electron chi connectivity index (χ0n) is 15.8. The van der Waals surface area contributed by atoms with Crippen molar-refractivity contribution >= 4 is 43.8 Å². The second kappa shape index (κ2) is 9.43. The lowest BCUT2D eigenvalue weighted by Crippen LogP contribution is -2.47. The fraction of sp³-hybridized carbons (Fsp3) is 0.300. The summed E-state index contributed by atoms with van der Waals surface area (Å²) in [4.78, 5) is 12.3. The number of benzene rings is 1. The van der Waals surface area contributed by atoms with Gasteiger partial charge in [-0.25, -0.2) is 18.7 Å². The minimum atomic E-state index is -0.990. The third-order valence-corrected chi connectivity index (χ3v) is 5.11. The lowest BCUT2D eigenvalue weighted by molar-refractivity contribution is 0.188. The van der Waals surface area contributed by atoms with Crippen LogP contribution in [0, 0.1) is 11.6 Å². The Labute approximate surface area is 176 Å². The summed E-state index contributed by atoms with van der Waals surface area (Å²) in [5.74, 6) is -1.79. The molecule has 0 aliphatic carbocycles. The van der Waals surface area contributed by atoms with Crippen LogP contribution in [-0.2, 0) is 0 Å². The first-order valence-electron chi connectivity index (χ1n) is 9.12. The first-order valence-corrected chi connectivity index (χ1v) is 9.91. The van der Waals surface area contributed by atoms with Crippen LogP contribution in [0.5, 0.6) is 0 Å². The Bertz CT molecular complexity index is 916. The van der Waals surface area contributed by atoms with E-state index in [-0.39, 0.29) is 23.9 Å². The molecule has 0 bridgehead atoms. The van der Waals surface area contributed by atoms with E-state index in [0.29, 0.717) is 48.5 Å². The van der Waals surface area contributed by atoms with Crippen molar-refractivity contribution in [3.05, 3.63) is 54.4 Å². The second-order valence-electron chi connectivity index (χ2n) is 6.54. The predicted molar refractivity (Wildman–Crippen MR) is 115 cm³/mol. The van der Waals surface area contributed by atoms with Crippen molar-refractivity contribution in [1.82, 2.24) is 14.9 Å². The van der Waals surface area contributed by atoms with Crippen LogP contribution in [0.3, 0.4) is 0 Å². The van der Waals surface area contributed by atoms with Crippen molar-refractivity contribution in [1.29, 1.82) is 0 Å². The number of anilines is 3. The maximum absolute atomic E-state index is 14.7. The Hall–Kier alpha value is -2.36. The third kappa shape index (κ3) is 4.80. The number of hydrogen-bond acceptors (Lipinski definition) is 6. The van der Waals surface area contributed by atoms with E-state index in [2.05, 4.69) is 49.3 Å². The molecule has 2 heterocycles. The van der Waals surface area contributed by atoms with Gasteiger partial charge in [0.15, 0.2) is 11.6 Å². The number of piperazine rings is 1. The number of aliphatic hydroxyl groups is 1. The Balaban J connectivity index is 1.79. The molecule has 0 radical (unpaired) electrons. The highest BCUT2D eigenvalue weighted by Crippen LogP contribution is 2.30. The maximum Gasteiger partial charge on any atom is 0.227 e. The van der Waals surface area contributed by atoms with Crippen molar-refractivity contribution in [3.63, 3.8) is 0 Å². The summed E-state index contributed by atoms with van der Waals surface area (Å²) in [5, 5.41) is 11.7. The molecule has 0 saturated carbocycles. The average Bonchev–Trinajstić information content (AvgIpc) is 2.72. The van der Waals surface area contributed by atoms with Crippen LogP contribution in [0.1, 0.15) is 11.3 Å². The van der Waals surface area contributed by atoms with Crippen molar-refractivity contribution in [3.8, 4) is 0 Å². The van der Waals surface area contributed by atoms with Crippen LogP contribution >= 0.6 is 15.9 Å². The minimum Gasteiger partial charge on any atom is -0.395 e. The largest absolute Gasteiger partial charge is 0.395 e. The molecule has 0 unspecified atom stereocenters. The van der Waals surface area contributed by atoms with Gasteiger partial charge in [0.2, 0.25) is 5.95 Å². The molecule has 154 valence electrons. The number of β-amino-alcohol motifs (C(OH)–C–C–N with tert-alkyl or cyclic N) is 1. The third-order valence-electron chi connectivity index (χ3n) is 4.73. The van der Waals surface area contributed by atoms with E-state index in [9.17, 15) is 8.78 Å². The van der Waals surface area contributed by atoms with E-state index in [0.717, 1.165) is 0 Å². The smallest absolute Gasteiger partial charge is 0.227 e. The van der Waals surface area contributed by atoms with E-state index >= 15 is 0 Å². The minimum absolute atomic E-state index is 0.0531. The van der Waals surface area contributed by atoms with Crippen LogP contribution < -0.4 is 10.2 Å². The molecule has 2 aromatic rings. The van der Waals surface area contributed by atoms with Crippen molar-refractivity contribution in [2.75, 3.05) is 49.5 Å². The molecule has 2 N–H and O–H groups in total. The van der Waals surface area contributed by atoms with Crippen molar-refractivity contribution < 1.29 is 13.9 Å². The lowest BCUT2D eigenvalue weighted by Gasteiger charge is -2.36. The van der Waals surface area contributed by atoms with Gasteiger partial charge in [-0.05, 0) is 28.1 Å². The molecule has 0 atom stereocenters. The molecule has 1 saturated heterocycles. The van der Waals surface area contributed by atoms with Gasteiger partial charge in [-0.2, -0.15) is 0 Å².